The van der Waals surface area contributed by atoms with Crippen molar-refractivity contribution in [2.75, 3.05) is 7.11 Å². The molecule has 0 aliphatic rings. The third-order valence-corrected chi connectivity index (χ3v) is 2.37. The van der Waals surface area contributed by atoms with Crippen LogP contribution in [0.5, 0.6) is 0 Å². The molecule has 0 unspecified atom stereocenters. The van der Waals surface area contributed by atoms with Gasteiger partial charge in [0.25, 0.3) is 0 Å². The number of pyridine rings is 1. The minimum Gasteiger partial charge on any atom is -0.469 e. The Balaban J connectivity index is 2.82. The Morgan fingerprint density at radius 2 is 2.27 bits per heavy atom. The third-order valence-electron chi connectivity index (χ3n) is 1.86. The number of nitrogens with two attached hydrogens (primary N) is 1. The van der Waals surface area contributed by atoms with Crippen LogP contribution < -0.4 is 5.73 Å². The van der Waals surface area contributed by atoms with Gasteiger partial charge in [-0.05, 0) is 6.07 Å². The quantitative estimate of drug-likeness (QED) is 0.656. The lowest BCUT2D eigenvalue weighted by Gasteiger charge is -2.11. The van der Waals surface area contributed by atoms with Crippen LogP contribution in [0.2, 0.25) is 10.3 Å². The van der Waals surface area contributed by atoms with Gasteiger partial charge in [0, 0.05) is 11.6 Å². The Morgan fingerprint density at radius 1 is 1.60 bits per heavy atom. The van der Waals surface area contributed by atoms with Crippen LogP contribution in [0.15, 0.2) is 12.1 Å². The molecule has 1 atom stereocenters. The van der Waals surface area contributed by atoms with Crippen molar-refractivity contribution in [1.82, 2.24) is 4.98 Å². The smallest absolute Gasteiger partial charge is 0.307 e. The molecule has 6 heteroatoms. The Kier molecular flexibility index (Phi) is 4.32. The molecule has 0 fully saturated rings. The van der Waals surface area contributed by atoms with E-state index in [0.717, 1.165) is 0 Å². The summed E-state index contributed by atoms with van der Waals surface area (Å²) in [6.07, 6.45) is 0.0551. The second kappa shape index (κ2) is 5.30. The first-order valence-electron chi connectivity index (χ1n) is 4.19. The number of halogens is 2. The standard InChI is InChI=1S/C9H10Cl2N2O2/c1-15-8(14)4-6(12)5-2-3-7(10)13-9(5)11/h2-3,6H,4,12H2,1H3/t6-/m1/s1. The predicted molar refractivity (Wildman–Crippen MR) is 57.8 cm³/mol. The van der Waals surface area contributed by atoms with Gasteiger partial charge < -0.3 is 10.5 Å². The van der Waals surface area contributed by atoms with Crippen molar-refractivity contribution >= 4 is 29.2 Å². The Labute approximate surface area is 97.3 Å². The predicted octanol–water partition coefficient (Wildman–Crippen LogP) is 1.95. The number of esters is 1. The molecule has 4 nitrogen and oxygen atoms in total. The Morgan fingerprint density at radius 3 is 2.80 bits per heavy atom. The maximum atomic E-state index is 11.0. The number of hydrogen-bond acceptors (Lipinski definition) is 4. The molecule has 0 saturated carbocycles. The van der Waals surface area contributed by atoms with E-state index in [1.807, 2.05) is 0 Å². The topological polar surface area (TPSA) is 65.2 Å². The highest BCUT2D eigenvalue weighted by atomic mass is 35.5. The van der Waals surface area contributed by atoms with Crippen molar-refractivity contribution < 1.29 is 9.53 Å². The van der Waals surface area contributed by atoms with Crippen LogP contribution in [-0.4, -0.2) is 18.1 Å². The van der Waals surface area contributed by atoms with Gasteiger partial charge in [-0.15, -0.1) is 0 Å². The molecule has 0 amide bonds. The molecular formula is C9H10Cl2N2O2. The molecule has 0 aliphatic heterocycles. The van der Waals surface area contributed by atoms with Gasteiger partial charge in [0.1, 0.15) is 10.3 Å². The average molecular weight is 249 g/mol. The van der Waals surface area contributed by atoms with E-state index in [2.05, 4.69) is 9.72 Å². The molecule has 0 saturated heterocycles. The minimum atomic E-state index is -0.533. The fraction of sp³-hybridized carbons (Fsp3) is 0.333. The summed E-state index contributed by atoms with van der Waals surface area (Å²) in [6.45, 7) is 0. The van der Waals surface area contributed by atoms with Gasteiger partial charge in [0.15, 0.2) is 0 Å². The number of aromatic nitrogens is 1. The van der Waals surface area contributed by atoms with Crippen LogP contribution in [0.1, 0.15) is 18.0 Å². The van der Waals surface area contributed by atoms with Gasteiger partial charge in [-0.3, -0.25) is 4.79 Å². The molecule has 0 aliphatic carbocycles. The first-order chi connectivity index (χ1) is 7.04. The van der Waals surface area contributed by atoms with Crippen molar-refractivity contribution in [3.8, 4) is 0 Å². The second-order valence-electron chi connectivity index (χ2n) is 2.90. The van der Waals surface area contributed by atoms with Gasteiger partial charge in [0.05, 0.1) is 13.5 Å². The molecule has 82 valence electrons. The first-order valence-corrected chi connectivity index (χ1v) is 4.94. The van der Waals surface area contributed by atoms with Crippen LogP contribution in [0.3, 0.4) is 0 Å². The maximum absolute atomic E-state index is 11.0. The van der Waals surface area contributed by atoms with Crippen molar-refractivity contribution in [2.45, 2.75) is 12.5 Å². The van der Waals surface area contributed by atoms with E-state index in [9.17, 15) is 4.79 Å². The lowest BCUT2D eigenvalue weighted by molar-refractivity contribution is -0.141. The zero-order valence-electron chi connectivity index (χ0n) is 8.04. The van der Waals surface area contributed by atoms with Gasteiger partial charge in [-0.2, -0.15) is 0 Å². The number of carbonyl (C=O) groups is 1. The molecule has 1 aromatic heterocycles. The summed E-state index contributed by atoms with van der Waals surface area (Å²) in [5.41, 5.74) is 6.33. The normalized spacial score (nSPS) is 12.3. The lowest BCUT2D eigenvalue weighted by atomic mass is 10.1. The summed E-state index contributed by atoms with van der Waals surface area (Å²) in [7, 11) is 1.30. The lowest BCUT2D eigenvalue weighted by Crippen LogP contribution is -2.17. The van der Waals surface area contributed by atoms with Crippen LogP contribution in [0.4, 0.5) is 0 Å². The Hall–Kier alpha value is -0.840. The van der Waals surface area contributed by atoms with Crippen molar-refractivity contribution in [3.63, 3.8) is 0 Å². The SMILES string of the molecule is COC(=O)C[C@@H](N)c1ccc(Cl)nc1Cl. The van der Waals surface area contributed by atoms with Gasteiger partial charge in [0.2, 0.25) is 0 Å². The monoisotopic (exact) mass is 248 g/mol. The van der Waals surface area contributed by atoms with Crippen molar-refractivity contribution in [2.24, 2.45) is 5.73 Å². The van der Waals surface area contributed by atoms with Crippen molar-refractivity contribution in [3.05, 3.63) is 28.0 Å². The van der Waals surface area contributed by atoms with E-state index in [0.29, 0.717) is 5.56 Å². The minimum absolute atomic E-state index is 0.0551. The Bertz CT molecular complexity index is 371. The first kappa shape index (κ1) is 12.2. The molecule has 15 heavy (non-hydrogen) atoms. The number of ether oxygens (including phenoxy) is 1. The highest BCUT2D eigenvalue weighted by molar-refractivity contribution is 6.32. The van der Waals surface area contributed by atoms with E-state index >= 15 is 0 Å². The second-order valence-corrected chi connectivity index (χ2v) is 3.65. The zero-order chi connectivity index (χ0) is 11.4. The number of methoxy groups -OCH3 is 1. The molecular weight excluding hydrogens is 239 g/mol. The summed E-state index contributed by atoms with van der Waals surface area (Å²) >= 11 is 11.5. The van der Waals surface area contributed by atoms with Gasteiger partial charge in [-0.25, -0.2) is 4.98 Å². The number of hydrogen-bond donors (Lipinski definition) is 1. The fourth-order valence-corrected chi connectivity index (χ4v) is 1.56. The molecule has 1 rings (SSSR count). The summed E-state index contributed by atoms with van der Waals surface area (Å²) in [6, 6.07) is 2.68. The molecule has 0 radical (unpaired) electrons. The van der Waals surface area contributed by atoms with Crippen molar-refractivity contribution in [1.29, 1.82) is 0 Å². The highest BCUT2D eigenvalue weighted by Crippen LogP contribution is 2.23. The molecule has 1 aromatic rings. The van der Waals surface area contributed by atoms with E-state index in [-0.39, 0.29) is 16.7 Å². The molecule has 0 aromatic carbocycles. The van der Waals surface area contributed by atoms with Crippen LogP contribution in [-0.2, 0) is 9.53 Å². The van der Waals surface area contributed by atoms with E-state index in [1.165, 1.54) is 7.11 Å². The number of rotatable bonds is 3. The van der Waals surface area contributed by atoms with Crippen LogP contribution in [0, 0.1) is 0 Å². The van der Waals surface area contributed by atoms with E-state index in [1.54, 1.807) is 12.1 Å². The summed E-state index contributed by atoms with van der Waals surface area (Å²) in [5.74, 6) is -0.395. The van der Waals surface area contributed by atoms with Crippen LogP contribution >= 0.6 is 23.2 Å². The zero-order valence-corrected chi connectivity index (χ0v) is 9.55. The highest BCUT2D eigenvalue weighted by Gasteiger charge is 2.15. The van der Waals surface area contributed by atoms with Gasteiger partial charge >= 0.3 is 5.97 Å². The summed E-state index contributed by atoms with van der Waals surface area (Å²) < 4.78 is 4.50. The number of carbonyl (C=O) groups excluding carboxylic acids is 1. The molecule has 0 bridgehead atoms. The maximum Gasteiger partial charge on any atom is 0.307 e. The number of nitrogens with zero attached hydrogens (tertiary/aromatic N) is 1. The van der Waals surface area contributed by atoms with E-state index in [4.69, 9.17) is 28.9 Å². The largest absolute Gasteiger partial charge is 0.469 e. The molecule has 0 spiro atoms. The molecule has 2 N–H and O–H groups in total. The fourth-order valence-electron chi connectivity index (χ4n) is 1.07. The average Bonchev–Trinajstić information content (AvgIpc) is 2.17. The molecule has 1 heterocycles. The third kappa shape index (κ3) is 3.34. The summed E-state index contributed by atoms with van der Waals surface area (Å²) in [5, 5.41) is 0.493. The van der Waals surface area contributed by atoms with Crippen LogP contribution in [0.25, 0.3) is 0 Å². The van der Waals surface area contributed by atoms with Gasteiger partial charge in [-0.1, -0.05) is 29.3 Å². The van der Waals surface area contributed by atoms with E-state index < -0.39 is 12.0 Å². The summed E-state index contributed by atoms with van der Waals surface area (Å²) in [4.78, 5) is 14.8.